The third kappa shape index (κ3) is 4.53. The van der Waals surface area contributed by atoms with E-state index in [0.717, 1.165) is 17.7 Å². The van der Waals surface area contributed by atoms with Crippen molar-refractivity contribution >= 4 is 22.4 Å². The van der Waals surface area contributed by atoms with Crippen LogP contribution in [0.4, 0.5) is 5.13 Å². The second-order valence-corrected chi connectivity index (χ2v) is 9.19. The molecule has 158 valence electrons. The lowest BCUT2D eigenvalue weighted by atomic mass is 9.84. The first kappa shape index (κ1) is 20.5. The Kier molecular flexibility index (Phi) is 6.13. The highest BCUT2D eigenvalue weighted by Gasteiger charge is 2.28. The van der Waals surface area contributed by atoms with Gasteiger partial charge in [-0.1, -0.05) is 32.1 Å². The van der Waals surface area contributed by atoms with Gasteiger partial charge in [0, 0.05) is 28.4 Å². The summed E-state index contributed by atoms with van der Waals surface area (Å²) in [5, 5.41) is 3.49. The lowest BCUT2D eigenvalue weighted by molar-refractivity contribution is -0.120. The van der Waals surface area contributed by atoms with E-state index >= 15 is 0 Å². The summed E-state index contributed by atoms with van der Waals surface area (Å²) in [7, 11) is 0. The molecule has 1 aliphatic rings. The lowest BCUT2D eigenvalue weighted by Crippen LogP contribution is -2.36. The van der Waals surface area contributed by atoms with E-state index in [1.165, 1.54) is 42.9 Å². The van der Waals surface area contributed by atoms with Gasteiger partial charge in [-0.25, -0.2) is 9.97 Å². The Morgan fingerprint density at radius 3 is 2.70 bits per heavy atom. The average Bonchev–Trinajstić information content (AvgIpc) is 3.39. The topological polar surface area (TPSA) is 90.0 Å². The molecule has 7 nitrogen and oxygen atoms in total. The molecule has 1 amide bonds. The number of nitrogens with zero attached hydrogens (tertiary/aromatic N) is 3. The highest BCUT2D eigenvalue weighted by atomic mass is 32.1. The van der Waals surface area contributed by atoms with Gasteiger partial charge in [0.05, 0.1) is 6.20 Å². The monoisotopic (exact) mass is 426 g/mol. The number of hydrogen-bond donors (Lipinski definition) is 1. The third-order valence-electron chi connectivity index (χ3n) is 5.69. The molecule has 30 heavy (non-hydrogen) atoms. The largest absolute Gasteiger partial charge is 0.445 e. The van der Waals surface area contributed by atoms with Crippen molar-refractivity contribution in [1.82, 2.24) is 14.5 Å². The van der Waals surface area contributed by atoms with Crippen LogP contribution in [0, 0.1) is 19.8 Å². The molecule has 1 atom stereocenters. The number of thiazole rings is 1. The summed E-state index contributed by atoms with van der Waals surface area (Å²) < 4.78 is 6.94. The number of nitrogens with one attached hydrogen (secondary N) is 1. The van der Waals surface area contributed by atoms with Crippen LogP contribution in [0.25, 0.3) is 11.5 Å². The summed E-state index contributed by atoms with van der Waals surface area (Å²) in [6.45, 7) is 3.80. The Labute approximate surface area is 179 Å². The molecular weight excluding hydrogens is 400 g/mol. The van der Waals surface area contributed by atoms with E-state index in [9.17, 15) is 9.59 Å². The van der Waals surface area contributed by atoms with Crippen LogP contribution in [0.3, 0.4) is 0 Å². The molecule has 1 unspecified atom stereocenters. The van der Waals surface area contributed by atoms with Crippen molar-refractivity contribution in [3.8, 4) is 11.5 Å². The van der Waals surface area contributed by atoms with Crippen LogP contribution in [0.2, 0.25) is 0 Å². The van der Waals surface area contributed by atoms with Crippen molar-refractivity contribution in [3.05, 3.63) is 51.7 Å². The van der Waals surface area contributed by atoms with Crippen LogP contribution in [0.15, 0.2) is 40.0 Å². The minimum Gasteiger partial charge on any atom is -0.445 e. The normalized spacial score (nSPS) is 15.8. The lowest BCUT2D eigenvalue weighted by Gasteiger charge is -2.28. The van der Waals surface area contributed by atoms with E-state index in [0.29, 0.717) is 34.6 Å². The number of anilines is 1. The van der Waals surface area contributed by atoms with E-state index in [1.807, 2.05) is 19.9 Å². The quantitative estimate of drug-likeness (QED) is 0.615. The Hall–Kier alpha value is -2.74. The minimum absolute atomic E-state index is 0.191. The molecule has 1 aliphatic carbocycles. The summed E-state index contributed by atoms with van der Waals surface area (Å²) in [4.78, 5) is 35.8. The first-order valence-electron chi connectivity index (χ1n) is 10.4. The fourth-order valence-electron chi connectivity index (χ4n) is 4.27. The van der Waals surface area contributed by atoms with Gasteiger partial charge >= 0.3 is 0 Å². The molecule has 0 radical (unpaired) electrons. The van der Waals surface area contributed by atoms with Crippen molar-refractivity contribution in [2.24, 2.45) is 5.92 Å². The Bertz CT molecular complexity index is 1060. The number of aromatic nitrogens is 3. The number of rotatable bonds is 6. The molecular formula is C22H26N4O3S. The number of hydrogen-bond acceptors (Lipinski definition) is 6. The SMILES string of the molecule is Cc1cnc(NC(=O)C(CC2CCCCC2)n2c(C)cc(-c3ncco3)cc2=O)s1. The van der Waals surface area contributed by atoms with Crippen LogP contribution in [0.5, 0.6) is 0 Å². The molecule has 0 aromatic carbocycles. The number of amides is 1. The Balaban J connectivity index is 1.67. The number of oxazole rings is 1. The predicted octanol–water partition coefficient (Wildman–Crippen LogP) is 4.73. The van der Waals surface area contributed by atoms with Crippen molar-refractivity contribution in [2.45, 2.75) is 58.4 Å². The maximum atomic E-state index is 13.3. The van der Waals surface area contributed by atoms with E-state index in [1.54, 1.807) is 17.0 Å². The van der Waals surface area contributed by atoms with Crippen molar-refractivity contribution in [2.75, 3.05) is 5.32 Å². The zero-order valence-corrected chi connectivity index (χ0v) is 18.1. The average molecular weight is 427 g/mol. The smallest absolute Gasteiger partial charge is 0.252 e. The van der Waals surface area contributed by atoms with E-state index in [-0.39, 0.29) is 11.5 Å². The highest BCUT2D eigenvalue weighted by Crippen LogP contribution is 2.32. The molecule has 8 heteroatoms. The third-order valence-corrected chi connectivity index (χ3v) is 6.52. The maximum Gasteiger partial charge on any atom is 0.252 e. The standard InChI is InChI=1S/C22H26N4O3S/c1-14-10-17(21-23-8-9-29-21)12-19(27)26(14)18(11-16-6-4-3-5-7-16)20(28)25-22-24-13-15(2)30-22/h8-10,12-13,16,18H,3-7,11H2,1-2H3,(H,24,25,28). The van der Waals surface area contributed by atoms with Gasteiger partial charge in [0.15, 0.2) is 5.13 Å². The fourth-order valence-corrected chi connectivity index (χ4v) is 4.94. The molecule has 0 aliphatic heterocycles. The Morgan fingerprint density at radius 1 is 1.27 bits per heavy atom. The second kappa shape index (κ2) is 8.95. The maximum absolute atomic E-state index is 13.3. The first-order valence-corrected chi connectivity index (χ1v) is 11.2. The molecule has 4 rings (SSSR count). The van der Waals surface area contributed by atoms with Crippen LogP contribution in [-0.2, 0) is 4.79 Å². The number of carbonyl (C=O) groups excluding carboxylic acids is 1. The summed E-state index contributed by atoms with van der Waals surface area (Å²) in [6.07, 6.45) is 11.2. The zero-order chi connectivity index (χ0) is 21.1. The van der Waals surface area contributed by atoms with E-state index in [4.69, 9.17) is 4.42 Å². The van der Waals surface area contributed by atoms with E-state index in [2.05, 4.69) is 15.3 Å². The summed E-state index contributed by atoms with van der Waals surface area (Å²) >= 11 is 1.43. The molecule has 0 saturated heterocycles. The molecule has 1 N–H and O–H groups in total. The summed E-state index contributed by atoms with van der Waals surface area (Å²) in [5.74, 6) is 0.642. The van der Waals surface area contributed by atoms with E-state index < -0.39 is 6.04 Å². The molecule has 0 bridgehead atoms. The number of aryl methyl sites for hydroxylation is 2. The fraction of sp³-hybridized carbons (Fsp3) is 0.455. The van der Waals surface area contributed by atoms with Gasteiger partial charge in [-0.05, 0) is 32.3 Å². The summed E-state index contributed by atoms with van der Waals surface area (Å²) in [5.41, 5.74) is 1.10. The van der Waals surface area contributed by atoms with Gasteiger partial charge in [-0.15, -0.1) is 11.3 Å². The molecule has 3 aromatic heterocycles. The van der Waals surface area contributed by atoms with Crippen molar-refractivity contribution < 1.29 is 9.21 Å². The minimum atomic E-state index is -0.580. The molecule has 0 spiro atoms. The molecule has 3 heterocycles. The zero-order valence-electron chi connectivity index (χ0n) is 17.3. The van der Waals surface area contributed by atoms with Gasteiger partial charge in [0.2, 0.25) is 11.8 Å². The van der Waals surface area contributed by atoms with Gasteiger partial charge in [-0.2, -0.15) is 0 Å². The number of carbonyl (C=O) groups is 1. The molecule has 1 saturated carbocycles. The van der Waals surface area contributed by atoms with Crippen molar-refractivity contribution in [1.29, 1.82) is 0 Å². The number of pyridine rings is 1. The van der Waals surface area contributed by atoms with Gasteiger partial charge in [-0.3, -0.25) is 9.59 Å². The first-order chi connectivity index (χ1) is 14.5. The molecule has 3 aromatic rings. The van der Waals surface area contributed by atoms with Gasteiger partial charge < -0.3 is 14.3 Å². The summed E-state index contributed by atoms with van der Waals surface area (Å²) in [6, 6.07) is 2.76. The molecule has 1 fully saturated rings. The van der Waals surface area contributed by atoms with Crippen LogP contribution in [0.1, 0.15) is 55.1 Å². The Morgan fingerprint density at radius 2 is 2.07 bits per heavy atom. The highest BCUT2D eigenvalue weighted by molar-refractivity contribution is 7.15. The van der Waals surface area contributed by atoms with Gasteiger partial charge in [0.1, 0.15) is 12.3 Å². The van der Waals surface area contributed by atoms with Crippen LogP contribution in [-0.4, -0.2) is 20.4 Å². The van der Waals surface area contributed by atoms with Gasteiger partial charge in [0.25, 0.3) is 5.56 Å². The van der Waals surface area contributed by atoms with Crippen LogP contribution >= 0.6 is 11.3 Å². The predicted molar refractivity (Wildman–Crippen MR) is 117 cm³/mol. The second-order valence-electron chi connectivity index (χ2n) is 7.95. The van der Waals surface area contributed by atoms with Crippen molar-refractivity contribution in [3.63, 3.8) is 0 Å². The van der Waals surface area contributed by atoms with Crippen LogP contribution < -0.4 is 10.9 Å².